The SMILES string of the molecule is Cc1ccc(N)c(CNC(=O)Cn2c(C)c(Cl)nc(NNC(=O)OCc3ccccc3)c2=O)n1. The highest BCUT2D eigenvalue weighted by molar-refractivity contribution is 6.30. The molecule has 0 fully saturated rings. The van der Waals surface area contributed by atoms with Crippen LogP contribution in [0.5, 0.6) is 0 Å². The number of anilines is 2. The summed E-state index contributed by atoms with van der Waals surface area (Å²) in [6.07, 6.45) is -0.825. The van der Waals surface area contributed by atoms with E-state index in [0.717, 1.165) is 15.8 Å². The van der Waals surface area contributed by atoms with Gasteiger partial charge in [0.05, 0.1) is 23.6 Å². The Balaban J connectivity index is 1.62. The van der Waals surface area contributed by atoms with E-state index in [9.17, 15) is 14.4 Å². The summed E-state index contributed by atoms with van der Waals surface area (Å²) in [6.45, 7) is 3.17. The van der Waals surface area contributed by atoms with Crippen LogP contribution in [0.1, 0.15) is 22.6 Å². The number of hydrazine groups is 1. The molecule has 5 N–H and O–H groups in total. The van der Waals surface area contributed by atoms with Gasteiger partial charge in [0.15, 0.2) is 5.15 Å². The first-order valence-electron chi connectivity index (χ1n) is 10.2. The van der Waals surface area contributed by atoms with Gasteiger partial charge in [0.25, 0.3) is 5.56 Å². The molecule has 0 saturated heterocycles. The van der Waals surface area contributed by atoms with Gasteiger partial charge in [0.1, 0.15) is 13.2 Å². The molecule has 0 radical (unpaired) electrons. The molecule has 11 nitrogen and oxygen atoms in total. The van der Waals surface area contributed by atoms with Crippen LogP contribution in [-0.4, -0.2) is 26.5 Å². The molecule has 2 amide bonds. The third-order valence-corrected chi connectivity index (χ3v) is 5.12. The topological polar surface area (TPSA) is 153 Å². The van der Waals surface area contributed by atoms with E-state index in [2.05, 4.69) is 26.1 Å². The van der Waals surface area contributed by atoms with Crippen LogP contribution in [0.15, 0.2) is 47.3 Å². The Bertz CT molecular complexity index is 1250. The summed E-state index contributed by atoms with van der Waals surface area (Å²) in [5.41, 5.74) is 12.6. The van der Waals surface area contributed by atoms with E-state index >= 15 is 0 Å². The summed E-state index contributed by atoms with van der Waals surface area (Å²) in [4.78, 5) is 45.5. The van der Waals surface area contributed by atoms with E-state index < -0.39 is 17.6 Å². The number of rotatable bonds is 8. The van der Waals surface area contributed by atoms with Gasteiger partial charge in [-0.1, -0.05) is 41.9 Å². The van der Waals surface area contributed by atoms with Gasteiger partial charge < -0.3 is 15.8 Å². The quantitative estimate of drug-likeness (QED) is 0.353. The molecule has 2 aromatic heterocycles. The first-order chi connectivity index (χ1) is 16.2. The molecule has 0 bridgehead atoms. The third-order valence-electron chi connectivity index (χ3n) is 4.76. The van der Waals surface area contributed by atoms with Crippen molar-refractivity contribution in [1.82, 2.24) is 25.3 Å². The van der Waals surface area contributed by atoms with Crippen molar-refractivity contribution in [2.45, 2.75) is 33.5 Å². The van der Waals surface area contributed by atoms with Gasteiger partial charge in [-0.3, -0.25) is 24.6 Å². The molecule has 1 aromatic carbocycles. The molecule has 12 heteroatoms. The fourth-order valence-electron chi connectivity index (χ4n) is 2.90. The molecule has 0 aliphatic rings. The number of nitrogens with one attached hydrogen (secondary N) is 3. The highest BCUT2D eigenvalue weighted by Crippen LogP contribution is 2.12. The van der Waals surface area contributed by atoms with E-state index in [1.165, 1.54) is 0 Å². The van der Waals surface area contributed by atoms with Crippen molar-refractivity contribution in [3.63, 3.8) is 0 Å². The monoisotopic (exact) mass is 485 g/mol. The lowest BCUT2D eigenvalue weighted by Gasteiger charge is -2.14. The van der Waals surface area contributed by atoms with Crippen LogP contribution in [0.3, 0.4) is 0 Å². The van der Waals surface area contributed by atoms with Crippen LogP contribution in [-0.2, 0) is 29.2 Å². The molecule has 3 aromatic rings. The molecular weight excluding hydrogens is 462 g/mol. The van der Waals surface area contributed by atoms with Crippen molar-refractivity contribution >= 4 is 35.1 Å². The average molecular weight is 486 g/mol. The molecule has 3 rings (SSSR count). The minimum atomic E-state index is -0.825. The highest BCUT2D eigenvalue weighted by Gasteiger charge is 2.16. The Morgan fingerprint density at radius 3 is 2.59 bits per heavy atom. The highest BCUT2D eigenvalue weighted by atomic mass is 35.5. The van der Waals surface area contributed by atoms with Gasteiger partial charge in [-0.2, -0.15) is 0 Å². The number of halogens is 1. The maximum absolute atomic E-state index is 12.8. The fraction of sp³-hybridized carbons (Fsp3) is 0.227. The average Bonchev–Trinajstić information content (AvgIpc) is 2.83. The number of hydrogen-bond donors (Lipinski definition) is 4. The Hall–Kier alpha value is -4.12. The van der Waals surface area contributed by atoms with Crippen molar-refractivity contribution in [1.29, 1.82) is 0 Å². The Kier molecular flexibility index (Phi) is 8.04. The van der Waals surface area contributed by atoms with Gasteiger partial charge >= 0.3 is 6.09 Å². The fourth-order valence-corrected chi connectivity index (χ4v) is 3.09. The minimum Gasteiger partial charge on any atom is -0.443 e. The van der Waals surface area contributed by atoms with E-state index in [-0.39, 0.29) is 36.4 Å². The number of carbonyl (C=O) groups is 2. The smallest absolute Gasteiger partial charge is 0.426 e. The number of amides is 2. The predicted octanol–water partition coefficient (Wildman–Crippen LogP) is 2.06. The number of aromatic nitrogens is 3. The second kappa shape index (κ2) is 11.1. The second-order valence-electron chi connectivity index (χ2n) is 7.30. The number of nitrogen functional groups attached to an aromatic ring is 1. The Morgan fingerprint density at radius 1 is 1.12 bits per heavy atom. The number of aryl methyl sites for hydroxylation is 1. The first kappa shape index (κ1) is 24.5. The van der Waals surface area contributed by atoms with E-state index in [0.29, 0.717) is 11.4 Å². The number of carbonyl (C=O) groups excluding carboxylic acids is 2. The van der Waals surface area contributed by atoms with E-state index in [1.54, 1.807) is 31.2 Å². The normalized spacial score (nSPS) is 10.4. The van der Waals surface area contributed by atoms with Gasteiger partial charge in [-0.25, -0.2) is 15.2 Å². The number of benzene rings is 1. The molecule has 34 heavy (non-hydrogen) atoms. The number of nitrogens with two attached hydrogens (primary N) is 1. The standard InChI is InChI=1S/C22H24ClN7O4/c1-13-8-9-16(24)17(26-13)10-25-18(31)11-30-14(2)19(23)27-20(21(30)32)28-29-22(33)34-12-15-6-4-3-5-7-15/h3-9H,10-12,24H2,1-2H3,(H,25,31)(H,27,28)(H,29,33). The van der Waals surface area contributed by atoms with Crippen molar-refractivity contribution in [3.05, 3.63) is 80.6 Å². The van der Waals surface area contributed by atoms with Crippen LogP contribution in [0.25, 0.3) is 0 Å². The molecule has 0 saturated carbocycles. The molecule has 0 unspecified atom stereocenters. The van der Waals surface area contributed by atoms with Crippen molar-refractivity contribution < 1.29 is 14.3 Å². The lowest BCUT2D eigenvalue weighted by Crippen LogP contribution is -2.38. The third kappa shape index (κ3) is 6.45. The van der Waals surface area contributed by atoms with Crippen molar-refractivity contribution in [2.24, 2.45) is 0 Å². The van der Waals surface area contributed by atoms with Gasteiger partial charge in [0, 0.05) is 5.69 Å². The van der Waals surface area contributed by atoms with Crippen LogP contribution >= 0.6 is 11.6 Å². The summed E-state index contributed by atoms with van der Waals surface area (Å²) in [5, 5.41) is 2.66. The molecular formula is C22H24ClN7O4. The zero-order chi connectivity index (χ0) is 24.7. The summed E-state index contributed by atoms with van der Waals surface area (Å²) in [6, 6.07) is 12.6. The van der Waals surface area contributed by atoms with Crippen LogP contribution < -0.4 is 27.5 Å². The molecule has 0 spiro atoms. The lowest BCUT2D eigenvalue weighted by molar-refractivity contribution is -0.121. The minimum absolute atomic E-state index is 0.0149. The molecule has 0 atom stereocenters. The molecule has 178 valence electrons. The van der Waals surface area contributed by atoms with Gasteiger partial charge in [-0.05, 0) is 31.5 Å². The Morgan fingerprint density at radius 2 is 1.85 bits per heavy atom. The second-order valence-corrected chi connectivity index (χ2v) is 7.66. The molecule has 2 heterocycles. The van der Waals surface area contributed by atoms with Crippen molar-refractivity contribution in [2.75, 3.05) is 11.2 Å². The molecule has 0 aliphatic carbocycles. The zero-order valence-electron chi connectivity index (χ0n) is 18.6. The van der Waals surface area contributed by atoms with Crippen LogP contribution in [0, 0.1) is 13.8 Å². The van der Waals surface area contributed by atoms with Crippen molar-refractivity contribution in [3.8, 4) is 0 Å². The maximum atomic E-state index is 12.8. The van der Waals surface area contributed by atoms with Crippen LogP contribution in [0.2, 0.25) is 5.15 Å². The lowest BCUT2D eigenvalue weighted by atomic mass is 10.2. The van der Waals surface area contributed by atoms with Gasteiger partial charge in [0.2, 0.25) is 11.7 Å². The number of nitrogens with zero attached hydrogens (tertiary/aromatic N) is 3. The first-order valence-corrected chi connectivity index (χ1v) is 10.6. The number of hydrogen-bond acceptors (Lipinski definition) is 8. The van der Waals surface area contributed by atoms with E-state index in [1.807, 2.05) is 25.1 Å². The Labute approximate surface area is 200 Å². The number of ether oxygens (including phenoxy) is 1. The largest absolute Gasteiger partial charge is 0.443 e. The molecule has 0 aliphatic heterocycles. The predicted molar refractivity (Wildman–Crippen MR) is 127 cm³/mol. The van der Waals surface area contributed by atoms with E-state index in [4.69, 9.17) is 22.1 Å². The maximum Gasteiger partial charge on any atom is 0.426 e. The number of pyridine rings is 1. The van der Waals surface area contributed by atoms with Crippen LogP contribution in [0.4, 0.5) is 16.3 Å². The summed E-state index contributed by atoms with van der Waals surface area (Å²) < 4.78 is 6.20. The summed E-state index contributed by atoms with van der Waals surface area (Å²) in [7, 11) is 0. The summed E-state index contributed by atoms with van der Waals surface area (Å²) >= 11 is 6.13. The van der Waals surface area contributed by atoms with Gasteiger partial charge in [-0.15, -0.1) is 0 Å². The zero-order valence-corrected chi connectivity index (χ0v) is 19.3. The summed E-state index contributed by atoms with van der Waals surface area (Å²) in [5.74, 6) is -0.735.